The van der Waals surface area contributed by atoms with Crippen LogP contribution in [0.25, 0.3) is 0 Å². The van der Waals surface area contributed by atoms with Crippen molar-refractivity contribution in [3.63, 3.8) is 0 Å². The molecule has 2 rings (SSSR count). The highest BCUT2D eigenvalue weighted by atomic mass is 35.5. The van der Waals surface area contributed by atoms with Gasteiger partial charge in [-0.05, 0) is 39.1 Å². The van der Waals surface area contributed by atoms with Crippen molar-refractivity contribution in [1.82, 2.24) is 20.1 Å². The van der Waals surface area contributed by atoms with Gasteiger partial charge < -0.3 is 5.32 Å². The highest BCUT2D eigenvalue weighted by Crippen LogP contribution is 2.22. The van der Waals surface area contributed by atoms with Crippen molar-refractivity contribution in [3.05, 3.63) is 47.0 Å². The lowest BCUT2D eigenvalue weighted by atomic mass is 10.1. The fourth-order valence-electron chi connectivity index (χ4n) is 1.97. The fraction of sp³-hybridized carbons (Fsp3) is 0.429. The Morgan fingerprint density at radius 2 is 2.16 bits per heavy atom. The van der Waals surface area contributed by atoms with Gasteiger partial charge in [0.25, 0.3) is 0 Å². The molecular formula is C14H19ClN4. The predicted molar refractivity (Wildman–Crippen MR) is 77.4 cm³/mol. The van der Waals surface area contributed by atoms with E-state index in [4.69, 9.17) is 11.6 Å². The molecule has 2 heterocycles. The lowest BCUT2D eigenvalue weighted by molar-refractivity contribution is 0.512. The van der Waals surface area contributed by atoms with Gasteiger partial charge in [-0.15, -0.1) is 0 Å². The van der Waals surface area contributed by atoms with E-state index in [2.05, 4.69) is 29.2 Å². The summed E-state index contributed by atoms with van der Waals surface area (Å²) in [6, 6.07) is 6.19. The first kappa shape index (κ1) is 14.0. The van der Waals surface area contributed by atoms with Crippen molar-refractivity contribution in [2.45, 2.75) is 32.4 Å². The van der Waals surface area contributed by atoms with Crippen LogP contribution in [0.4, 0.5) is 0 Å². The number of rotatable bonds is 5. The Labute approximate surface area is 118 Å². The molecule has 19 heavy (non-hydrogen) atoms. The van der Waals surface area contributed by atoms with Crippen LogP contribution in [0.15, 0.2) is 30.6 Å². The Morgan fingerprint density at radius 3 is 2.74 bits per heavy atom. The standard InChI is InChI=1S/C14H19ClN4/c1-10(2)19-8-6-11(18-19)9-13(16-3)14-12(15)5-4-7-17-14/h4-8,10,13,16H,9H2,1-3H3. The Kier molecular flexibility index (Phi) is 4.56. The van der Waals surface area contributed by atoms with E-state index in [1.807, 2.05) is 36.1 Å². The lowest BCUT2D eigenvalue weighted by Gasteiger charge is -2.15. The first-order valence-corrected chi connectivity index (χ1v) is 6.81. The van der Waals surface area contributed by atoms with Crippen LogP contribution < -0.4 is 5.32 Å². The summed E-state index contributed by atoms with van der Waals surface area (Å²) in [5, 5.41) is 8.49. The summed E-state index contributed by atoms with van der Waals surface area (Å²) in [6.45, 7) is 4.23. The van der Waals surface area contributed by atoms with Crippen LogP contribution in [-0.4, -0.2) is 21.8 Å². The van der Waals surface area contributed by atoms with Crippen LogP contribution in [0.1, 0.15) is 37.3 Å². The van der Waals surface area contributed by atoms with Crippen LogP contribution in [0.2, 0.25) is 5.02 Å². The number of likely N-dealkylation sites (N-methyl/N-ethyl adjacent to an activating group) is 1. The van der Waals surface area contributed by atoms with E-state index in [-0.39, 0.29) is 6.04 Å². The summed E-state index contributed by atoms with van der Waals surface area (Å²) in [5.41, 5.74) is 1.90. The second kappa shape index (κ2) is 6.17. The van der Waals surface area contributed by atoms with E-state index < -0.39 is 0 Å². The second-order valence-corrected chi connectivity index (χ2v) is 5.20. The van der Waals surface area contributed by atoms with E-state index in [0.29, 0.717) is 11.1 Å². The molecule has 0 bridgehead atoms. The number of aromatic nitrogens is 3. The van der Waals surface area contributed by atoms with Crippen LogP contribution in [-0.2, 0) is 6.42 Å². The topological polar surface area (TPSA) is 42.7 Å². The summed E-state index contributed by atoms with van der Waals surface area (Å²) < 4.78 is 1.96. The molecule has 0 saturated carbocycles. The third-order valence-electron chi connectivity index (χ3n) is 3.07. The first-order chi connectivity index (χ1) is 9.11. The van der Waals surface area contributed by atoms with E-state index in [0.717, 1.165) is 17.8 Å². The third kappa shape index (κ3) is 3.33. The average Bonchev–Trinajstić information content (AvgIpc) is 2.86. The maximum atomic E-state index is 6.19. The first-order valence-electron chi connectivity index (χ1n) is 6.43. The number of hydrogen-bond acceptors (Lipinski definition) is 3. The van der Waals surface area contributed by atoms with Gasteiger partial charge in [-0.3, -0.25) is 9.67 Å². The molecule has 1 N–H and O–H groups in total. The van der Waals surface area contributed by atoms with Crippen molar-refractivity contribution < 1.29 is 0 Å². The fourth-order valence-corrected chi connectivity index (χ4v) is 2.23. The van der Waals surface area contributed by atoms with Crippen LogP contribution >= 0.6 is 11.6 Å². The highest BCUT2D eigenvalue weighted by Gasteiger charge is 2.16. The van der Waals surface area contributed by atoms with Crippen LogP contribution in [0.5, 0.6) is 0 Å². The Balaban J connectivity index is 2.17. The molecular weight excluding hydrogens is 260 g/mol. The molecule has 1 unspecified atom stereocenters. The van der Waals surface area contributed by atoms with Gasteiger partial charge in [0.05, 0.1) is 22.5 Å². The number of pyridine rings is 1. The molecule has 0 aliphatic carbocycles. The highest BCUT2D eigenvalue weighted by molar-refractivity contribution is 6.31. The summed E-state index contributed by atoms with van der Waals surface area (Å²) in [5.74, 6) is 0. The maximum absolute atomic E-state index is 6.19. The summed E-state index contributed by atoms with van der Waals surface area (Å²) in [4.78, 5) is 4.36. The molecule has 2 aromatic heterocycles. The molecule has 0 aromatic carbocycles. The average molecular weight is 279 g/mol. The maximum Gasteiger partial charge on any atom is 0.0762 e. The van der Waals surface area contributed by atoms with Gasteiger partial charge in [0.1, 0.15) is 0 Å². The number of nitrogens with one attached hydrogen (secondary N) is 1. The number of nitrogens with zero attached hydrogens (tertiary/aromatic N) is 3. The van der Waals surface area contributed by atoms with E-state index in [9.17, 15) is 0 Å². The van der Waals surface area contributed by atoms with Crippen molar-refractivity contribution in [2.75, 3.05) is 7.05 Å². The molecule has 0 aliphatic rings. The lowest BCUT2D eigenvalue weighted by Crippen LogP contribution is -2.20. The van der Waals surface area contributed by atoms with Gasteiger partial charge in [-0.1, -0.05) is 11.6 Å². The Morgan fingerprint density at radius 1 is 1.37 bits per heavy atom. The van der Waals surface area contributed by atoms with E-state index in [1.54, 1.807) is 6.20 Å². The Hall–Kier alpha value is -1.39. The Bertz CT molecular complexity index is 536. The molecule has 0 aliphatic heterocycles. The van der Waals surface area contributed by atoms with Crippen LogP contribution in [0.3, 0.4) is 0 Å². The van der Waals surface area contributed by atoms with Crippen molar-refractivity contribution >= 4 is 11.6 Å². The minimum atomic E-state index is 0.0733. The summed E-state index contributed by atoms with van der Waals surface area (Å²) >= 11 is 6.19. The van der Waals surface area contributed by atoms with Gasteiger partial charge in [0.15, 0.2) is 0 Å². The molecule has 102 valence electrons. The van der Waals surface area contributed by atoms with Crippen molar-refractivity contribution in [2.24, 2.45) is 0 Å². The van der Waals surface area contributed by atoms with Gasteiger partial charge in [-0.2, -0.15) is 5.10 Å². The molecule has 2 aromatic rings. The molecule has 0 spiro atoms. The normalized spacial score (nSPS) is 12.9. The van der Waals surface area contributed by atoms with Crippen LogP contribution in [0, 0.1) is 0 Å². The third-order valence-corrected chi connectivity index (χ3v) is 3.39. The molecule has 0 amide bonds. The monoisotopic (exact) mass is 278 g/mol. The summed E-state index contributed by atoms with van der Waals surface area (Å²) in [6.07, 6.45) is 4.54. The summed E-state index contributed by atoms with van der Waals surface area (Å²) in [7, 11) is 1.91. The van der Waals surface area contributed by atoms with Gasteiger partial charge in [0.2, 0.25) is 0 Å². The SMILES string of the molecule is CNC(Cc1ccn(C(C)C)n1)c1ncccc1Cl. The smallest absolute Gasteiger partial charge is 0.0762 e. The molecule has 0 radical (unpaired) electrons. The zero-order valence-electron chi connectivity index (χ0n) is 11.5. The van der Waals surface area contributed by atoms with E-state index >= 15 is 0 Å². The van der Waals surface area contributed by atoms with Gasteiger partial charge >= 0.3 is 0 Å². The molecule has 5 heteroatoms. The van der Waals surface area contributed by atoms with Crippen molar-refractivity contribution in [3.8, 4) is 0 Å². The zero-order chi connectivity index (χ0) is 13.8. The second-order valence-electron chi connectivity index (χ2n) is 4.80. The molecule has 1 atom stereocenters. The largest absolute Gasteiger partial charge is 0.311 e. The molecule has 0 saturated heterocycles. The predicted octanol–water partition coefficient (Wildman–Crippen LogP) is 3.02. The quantitative estimate of drug-likeness (QED) is 0.914. The zero-order valence-corrected chi connectivity index (χ0v) is 12.2. The molecule has 0 fully saturated rings. The van der Waals surface area contributed by atoms with E-state index in [1.165, 1.54) is 0 Å². The molecule has 4 nitrogen and oxygen atoms in total. The van der Waals surface area contributed by atoms with Gasteiger partial charge in [-0.25, -0.2) is 0 Å². The number of hydrogen-bond donors (Lipinski definition) is 1. The van der Waals surface area contributed by atoms with Crippen molar-refractivity contribution in [1.29, 1.82) is 0 Å². The van der Waals surface area contributed by atoms with Gasteiger partial charge in [0, 0.05) is 24.9 Å². The number of halogens is 1. The minimum absolute atomic E-state index is 0.0733. The minimum Gasteiger partial charge on any atom is -0.311 e.